The Labute approximate surface area is 109 Å². The van der Waals surface area contributed by atoms with Gasteiger partial charge in [0.2, 0.25) is 0 Å². The first-order valence-electron chi connectivity index (χ1n) is 5.48. The molecule has 0 radical (unpaired) electrons. The zero-order chi connectivity index (χ0) is 11.4. The molecule has 88 valence electrons. The SMILES string of the molecule is Clc1ccc(CNCC2CCOC2)cc1Br. The van der Waals surface area contributed by atoms with Crippen LogP contribution >= 0.6 is 27.5 Å². The molecule has 1 heterocycles. The maximum absolute atomic E-state index is 5.93. The van der Waals surface area contributed by atoms with Gasteiger partial charge in [0, 0.05) is 24.2 Å². The molecule has 1 aliphatic heterocycles. The standard InChI is InChI=1S/C12H15BrClNO/c13-11-5-9(1-2-12(11)14)6-15-7-10-3-4-16-8-10/h1-2,5,10,15H,3-4,6-8H2. The summed E-state index contributed by atoms with van der Waals surface area (Å²) in [6.45, 7) is 3.72. The molecule has 1 aromatic rings. The van der Waals surface area contributed by atoms with Crippen LogP contribution in [0.5, 0.6) is 0 Å². The van der Waals surface area contributed by atoms with E-state index in [-0.39, 0.29) is 0 Å². The summed E-state index contributed by atoms with van der Waals surface area (Å²) in [5, 5.41) is 4.20. The van der Waals surface area contributed by atoms with E-state index in [1.54, 1.807) is 0 Å². The summed E-state index contributed by atoms with van der Waals surface area (Å²) in [6.07, 6.45) is 1.18. The van der Waals surface area contributed by atoms with Crippen LogP contribution in [0.1, 0.15) is 12.0 Å². The van der Waals surface area contributed by atoms with E-state index >= 15 is 0 Å². The molecule has 0 aromatic heterocycles. The summed E-state index contributed by atoms with van der Waals surface area (Å²) in [6, 6.07) is 6.02. The van der Waals surface area contributed by atoms with Gasteiger partial charge < -0.3 is 10.1 Å². The van der Waals surface area contributed by atoms with Gasteiger partial charge in [0.05, 0.1) is 11.6 Å². The van der Waals surface area contributed by atoms with Crippen molar-refractivity contribution >= 4 is 27.5 Å². The number of hydrogen-bond acceptors (Lipinski definition) is 2. The van der Waals surface area contributed by atoms with Gasteiger partial charge in [-0.25, -0.2) is 0 Å². The lowest BCUT2D eigenvalue weighted by molar-refractivity contribution is 0.185. The molecular formula is C12H15BrClNO. The van der Waals surface area contributed by atoms with Gasteiger partial charge in [-0.2, -0.15) is 0 Å². The van der Waals surface area contributed by atoms with Crippen molar-refractivity contribution in [2.75, 3.05) is 19.8 Å². The first-order chi connectivity index (χ1) is 7.75. The molecule has 4 heteroatoms. The van der Waals surface area contributed by atoms with Crippen molar-refractivity contribution in [2.45, 2.75) is 13.0 Å². The third kappa shape index (κ3) is 3.45. The zero-order valence-corrected chi connectivity index (χ0v) is 11.4. The molecule has 1 aromatic carbocycles. The van der Waals surface area contributed by atoms with Gasteiger partial charge in [-0.1, -0.05) is 17.7 Å². The van der Waals surface area contributed by atoms with E-state index in [1.807, 2.05) is 12.1 Å². The predicted molar refractivity (Wildman–Crippen MR) is 69.8 cm³/mol. The first kappa shape index (κ1) is 12.4. The molecule has 0 bridgehead atoms. The van der Waals surface area contributed by atoms with Gasteiger partial charge in [-0.3, -0.25) is 0 Å². The van der Waals surface area contributed by atoms with Crippen LogP contribution in [-0.2, 0) is 11.3 Å². The Morgan fingerprint density at radius 2 is 2.38 bits per heavy atom. The van der Waals surface area contributed by atoms with Crippen molar-refractivity contribution in [1.29, 1.82) is 0 Å². The third-order valence-electron chi connectivity index (χ3n) is 2.77. The van der Waals surface area contributed by atoms with Crippen LogP contribution in [0, 0.1) is 5.92 Å². The zero-order valence-electron chi connectivity index (χ0n) is 9.01. The second-order valence-corrected chi connectivity index (χ2v) is 5.37. The molecule has 2 rings (SSSR count). The fourth-order valence-electron chi connectivity index (χ4n) is 1.81. The lowest BCUT2D eigenvalue weighted by Gasteiger charge is -2.09. The van der Waals surface area contributed by atoms with Crippen molar-refractivity contribution in [2.24, 2.45) is 5.92 Å². The lowest BCUT2D eigenvalue weighted by atomic mass is 10.1. The summed E-state index contributed by atoms with van der Waals surface area (Å²) in [5.74, 6) is 0.677. The molecule has 1 aliphatic rings. The Morgan fingerprint density at radius 1 is 1.50 bits per heavy atom. The Balaban J connectivity index is 1.78. The maximum Gasteiger partial charge on any atom is 0.0548 e. The van der Waals surface area contributed by atoms with E-state index in [9.17, 15) is 0 Å². The minimum absolute atomic E-state index is 0.677. The largest absolute Gasteiger partial charge is 0.381 e. The van der Waals surface area contributed by atoms with Gasteiger partial charge in [0.1, 0.15) is 0 Å². The summed E-state index contributed by atoms with van der Waals surface area (Å²) < 4.78 is 6.29. The van der Waals surface area contributed by atoms with Crippen molar-refractivity contribution in [3.8, 4) is 0 Å². The minimum Gasteiger partial charge on any atom is -0.381 e. The summed E-state index contributed by atoms with van der Waals surface area (Å²) >= 11 is 9.36. The summed E-state index contributed by atoms with van der Waals surface area (Å²) in [4.78, 5) is 0. The van der Waals surface area contributed by atoms with Crippen molar-refractivity contribution in [3.05, 3.63) is 33.3 Å². The van der Waals surface area contributed by atoms with Crippen LogP contribution < -0.4 is 5.32 Å². The van der Waals surface area contributed by atoms with E-state index in [0.29, 0.717) is 5.92 Å². The topological polar surface area (TPSA) is 21.3 Å². The smallest absolute Gasteiger partial charge is 0.0548 e. The molecule has 1 fully saturated rings. The molecule has 0 spiro atoms. The normalized spacial score (nSPS) is 20.2. The van der Waals surface area contributed by atoms with Crippen LogP contribution in [0.25, 0.3) is 0 Å². The molecule has 0 amide bonds. The number of hydrogen-bond donors (Lipinski definition) is 1. The molecule has 1 atom stereocenters. The quantitative estimate of drug-likeness (QED) is 0.922. The predicted octanol–water partition coefficient (Wildman–Crippen LogP) is 3.23. The number of rotatable bonds is 4. The third-order valence-corrected chi connectivity index (χ3v) is 3.98. The molecular weight excluding hydrogens is 289 g/mol. The maximum atomic E-state index is 5.93. The monoisotopic (exact) mass is 303 g/mol. The van der Waals surface area contributed by atoms with Crippen LogP contribution in [-0.4, -0.2) is 19.8 Å². The van der Waals surface area contributed by atoms with Crippen LogP contribution in [0.3, 0.4) is 0 Å². The van der Waals surface area contributed by atoms with Crippen LogP contribution in [0.4, 0.5) is 0 Å². The Kier molecular flexibility index (Phi) is 4.65. The van der Waals surface area contributed by atoms with Crippen molar-refractivity contribution in [1.82, 2.24) is 5.32 Å². The van der Waals surface area contributed by atoms with E-state index in [0.717, 1.165) is 35.8 Å². The number of benzene rings is 1. The fourth-order valence-corrected chi connectivity index (χ4v) is 2.36. The molecule has 0 saturated carbocycles. The van der Waals surface area contributed by atoms with Gasteiger partial charge in [-0.05, 0) is 46.0 Å². The van der Waals surface area contributed by atoms with E-state index in [2.05, 4.69) is 27.3 Å². The van der Waals surface area contributed by atoms with Gasteiger partial charge >= 0.3 is 0 Å². The average Bonchev–Trinajstić information content (AvgIpc) is 2.76. The van der Waals surface area contributed by atoms with Gasteiger partial charge in [0.25, 0.3) is 0 Å². The number of nitrogens with one attached hydrogen (secondary N) is 1. The van der Waals surface area contributed by atoms with E-state index in [4.69, 9.17) is 16.3 Å². The molecule has 1 saturated heterocycles. The molecule has 16 heavy (non-hydrogen) atoms. The number of halogens is 2. The highest BCUT2D eigenvalue weighted by Gasteiger charge is 2.14. The van der Waals surface area contributed by atoms with Crippen molar-refractivity contribution < 1.29 is 4.74 Å². The lowest BCUT2D eigenvalue weighted by Crippen LogP contribution is -2.22. The first-order valence-corrected chi connectivity index (χ1v) is 6.65. The van der Waals surface area contributed by atoms with E-state index in [1.165, 1.54) is 12.0 Å². The summed E-state index contributed by atoms with van der Waals surface area (Å²) in [7, 11) is 0. The molecule has 1 unspecified atom stereocenters. The highest BCUT2D eigenvalue weighted by molar-refractivity contribution is 9.10. The fraction of sp³-hybridized carbons (Fsp3) is 0.500. The Bertz CT molecular complexity index is 353. The second kappa shape index (κ2) is 6.01. The molecule has 2 nitrogen and oxygen atoms in total. The molecule has 0 aliphatic carbocycles. The van der Waals surface area contributed by atoms with Crippen molar-refractivity contribution in [3.63, 3.8) is 0 Å². The van der Waals surface area contributed by atoms with Crippen LogP contribution in [0.2, 0.25) is 5.02 Å². The summed E-state index contributed by atoms with van der Waals surface area (Å²) in [5.41, 5.74) is 1.25. The van der Waals surface area contributed by atoms with Gasteiger partial charge in [-0.15, -0.1) is 0 Å². The Hall–Kier alpha value is -0.0900. The number of ether oxygens (including phenoxy) is 1. The van der Waals surface area contributed by atoms with E-state index < -0.39 is 0 Å². The average molecular weight is 305 g/mol. The highest BCUT2D eigenvalue weighted by atomic mass is 79.9. The van der Waals surface area contributed by atoms with Crippen LogP contribution in [0.15, 0.2) is 22.7 Å². The van der Waals surface area contributed by atoms with Gasteiger partial charge in [0.15, 0.2) is 0 Å². The molecule has 1 N–H and O–H groups in total. The minimum atomic E-state index is 0.677. The highest BCUT2D eigenvalue weighted by Crippen LogP contribution is 2.23. The second-order valence-electron chi connectivity index (χ2n) is 4.11. The Morgan fingerprint density at radius 3 is 3.06 bits per heavy atom.